The highest BCUT2D eigenvalue weighted by atomic mass is 16.1. The third-order valence-electron chi connectivity index (χ3n) is 2.78. The van der Waals surface area contributed by atoms with Crippen LogP contribution in [0.5, 0.6) is 0 Å². The topological polar surface area (TPSA) is 29.1 Å². The first-order valence-electron chi connectivity index (χ1n) is 5.52. The molecule has 1 rings (SSSR count). The molecule has 0 radical (unpaired) electrons. The quantitative estimate of drug-likeness (QED) is 0.724. The number of piperidine rings is 1. The van der Waals surface area contributed by atoms with E-state index in [2.05, 4.69) is 19.2 Å². The molecule has 76 valence electrons. The second-order valence-electron chi connectivity index (χ2n) is 4.12. The lowest BCUT2D eigenvalue weighted by molar-refractivity contribution is -0.122. The molecule has 0 aromatic carbocycles. The van der Waals surface area contributed by atoms with Crippen molar-refractivity contribution >= 4 is 5.78 Å². The van der Waals surface area contributed by atoms with Crippen LogP contribution in [0.15, 0.2) is 0 Å². The van der Waals surface area contributed by atoms with E-state index in [1.807, 2.05) is 0 Å². The Morgan fingerprint density at radius 3 is 2.85 bits per heavy atom. The first-order valence-corrected chi connectivity index (χ1v) is 5.52. The molecule has 0 aliphatic carbocycles. The van der Waals surface area contributed by atoms with Gasteiger partial charge in [0.15, 0.2) is 0 Å². The molecule has 2 nitrogen and oxygen atoms in total. The molecule has 2 heteroatoms. The van der Waals surface area contributed by atoms with Crippen molar-refractivity contribution in [3.8, 4) is 0 Å². The minimum atomic E-state index is 0.162. The smallest absolute Gasteiger partial charge is 0.149 e. The van der Waals surface area contributed by atoms with Crippen LogP contribution in [-0.4, -0.2) is 17.9 Å². The summed E-state index contributed by atoms with van der Waals surface area (Å²) in [5.74, 6) is 0.424. The van der Waals surface area contributed by atoms with Crippen molar-refractivity contribution in [3.05, 3.63) is 0 Å². The van der Waals surface area contributed by atoms with Gasteiger partial charge < -0.3 is 5.32 Å². The third-order valence-corrected chi connectivity index (χ3v) is 2.78. The Balaban J connectivity index is 2.28. The van der Waals surface area contributed by atoms with Crippen LogP contribution in [0.1, 0.15) is 52.4 Å². The predicted molar refractivity (Wildman–Crippen MR) is 54.8 cm³/mol. The monoisotopic (exact) mass is 183 g/mol. The number of hydrogen-bond donors (Lipinski definition) is 1. The minimum Gasteiger partial charge on any atom is -0.305 e. The highest BCUT2D eigenvalue weighted by Crippen LogP contribution is 2.14. The van der Waals surface area contributed by atoms with Crippen molar-refractivity contribution in [2.24, 2.45) is 0 Å². The second-order valence-corrected chi connectivity index (χ2v) is 4.12. The van der Waals surface area contributed by atoms with Crippen molar-refractivity contribution in [1.29, 1.82) is 0 Å². The maximum atomic E-state index is 11.6. The van der Waals surface area contributed by atoms with Gasteiger partial charge in [-0.3, -0.25) is 4.79 Å². The van der Waals surface area contributed by atoms with E-state index in [1.165, 1.54) is 12.8 Å². The molecular weight excluding hydrogens is 162 g/mol. The van der Waals surface area contributed by atoms with Crippen molar-refractivity contribution in [2.75, 3.05) is 0 Å². The van der Waals surface area contributed by atoms with Crippen LogP contribution in [-0.2, 0) is 4.79 Å². The summed E-state index contributed by atoms with van der Waals surface area (Å²) in [5, 5.41) is 3.38. The van der Waals surface area contributed by atoms with Crippen molar-refractivity contribution in [3.63, 3.8) is 0 Å². The van der Waals surface area contributed by atoms with Crippen LogP contribution in [0.3, 0.4) is 0 Å². The first-order chi connectivity index (χ1) is 6.24. The molecule has 0 aromatic rings. The zero-order chi connectivity index (χ0) is 9.68. The number of rotatable bonds is 4. The maximum Gasteiger partial charge on any atom is 0.149 e. The highest BCUT2D eigenvalue weighted by Gasteiger charge is 2.22. The maximum absolute atomic E-state index is 11.6. The van der Waals surface area contributed by atoms with E-state index in [1.54, 1.807) is 0 Å². The first kappa shape index (κ1) is 10.7. The molecule has 1 aliphatic heterocycles. The van der Waals surface area contributed by atoms with Gasteiger partial charge in [0.2, 0.25) is 0 Å². The SMILES string of the molecule is CCCCC(=O)[C@H]1CCC[C@H](C)N1. The molecule has 2 atom stereocenters. The van der Waals surface area contributed by atoms with Crippen molar-refractivity contribution in [2.45, 2.75) is 64.5 Å². The highest BCUT2D eigenvalue weighted by molar-refractivity contribution is 5.84. The Morgan fingerprint density at radius 1 is 1.46 bits per heavy atom. The van der Waals surface area contributed by atoms with Crippen molar-refractivity contribution in [1.82, 2.24) is 5.32 Å². The van der Waals surface area contributed by atoms with Gasteiger partial charge in [0.1, 0.15) is 5.78 Å². The van der Waals surface area contributed by atoms with E-state index in [-0.39, 0.29) is 6.04 Å². The summed E-state index contributed by atoms with van der Waals surface area (Å²) < 4.78 is 0. The van der Waals surface area contributed by atoms with E-state index in [0.717, 1.165) is 25.7 Å². The molecule has 0 spiro atoms. The molecule has 0 saturated carbocycles. The van der Waals surface area contributed by atoms with Gasteiger partial charge in [-0.25, -0.2) is 0 Å². The van der Waals surface area contributed by atoms with Gasteiger partial charge in [-0.2, -0.15) is 0 Å². The van der Waals surface area contributed by atoms with Gasteiger partial charge in [0.05, 0.1) is 6.04 Å². The molecular formula is C11H21NO. The van der Waals surface area contributed by atoms with E-state index >= 15 is 0 Å². The molecule has 1 N–H and O–H groups in total. The average Bonchev–Trinajstić information content (AvgIpc) is 2.14. The number of carbonyl (C=O) groups is 1. The lowest BCUT2D eigenvalue weighted by atomic mass is 9.94. The molecule has 13 heavy (non-hydrogen) atoms. The second kappa shape index (κ2) is 5.38. The van der Waals surface area contributed by atoms with Crippen LogP contribution < -0.4 is 5.32 Å². The largest absolute Gasteiger partial charge is 0.305 e. The van der Waals surface area contributed by atoms with Gasteiger partial charge >= 0.3 is 0 Å². The Bertz CT molecular complexity index is 167. The molecule has 0 bridgehead atoms. The summed E-state index contributed by atoms with van der Waals surface area (Å²) in [7, 11) is 0. The zero-order valence-corrected chi connectivity index (χ0v) is 8.81. The number of carbonyl (C=O) groups excluding carboxylic acids is 1. The Kier molecular flexibility index (Phi) is 4.43. The fraction of sp³-hybridized carbons (Fsp3) is 0.909. The van der Waals surface area contributed by atoms with Gasteiger partial charge in [0.25, 0.3) is 0 Å². The van der Waals surface area contributed by atoms with Gasteiger partial charge in [-0.15, -0.1) is 0 Å². The van der Waals surface area contributed by atoms with E-state index in [9.17, 15) is 4.79 Å². The van der Waals surface area contributed by atoms with Gasteiger partial charge in [-0.05, 0) is 32.6 Å². The number of nitrogens with one attached hydrogen (secondary N) is 1. The van der Waals surface area contributed by atoms with Crippen LogP contribution in [0.2, 0.25) is 0 Å². The summed E-state index contributed by atoms with van der Waals surface area (Å²) in [6.45, 7) is 4.30. The molecule has 0 amide bonds. The van der Waals surface area contributed by atoms with Gasteiger partial charge in [-0.1, -0.05) is 13.3 Å². The zero-order valence-electron chi connectivity index (χ0n) is 8.81. The Morgan fingerprint density at radius 2 is 2.23 bits per heavy atom. The minimum absolute atomic E-state index is 0.162. The molecule has 0 aromatic heterocycles. The fourth-order valence-electron chi connectivity index (χ4n) is 1.92. The van der Waals surface area contributed by atoms with Crippen LogP contribution in [0, 0.1) is 0 Å². The summed E-state index contributed by atoms with van der Waals surface area (Å²) >= 11 is 0. The molecule has 0 unspecified atom stereocenters. The van der Waals surface area contributed by atoms with Crippen LogP contribution >= 0.6 is 0 Å². The molecule has 1 aliphatic rings. The summed E-state index contributed by atoms with van der Waals surface area (Å²) in [6, 6.07) is 0.694. The van der Waals surface area contributed by atoms with Crippen LogP contribution in [0.25, 0.3) is 0 Å². The van der Waals surface area contributed by atoms with E-state index in [0.29, 0.717) is 11.8 Å². The fourth-order valence-corrected chi connectivity index (χ4v) is 1.92. The molecule has 1 fully saturated rings. The lowest BCUT2D eigenvalue weighted by Crippen LogP contribution is -2.45. The number of ketones is 1. The van der Waals surface area contributed by atoms with E-state index < -0.39 is 0 Å². The number of hydrogen-bond acceptors (Lipinski definition) is 2. The summed E-state index contributed by atoms with van der Waals surface area (Å²) in [4.78, 5) is 11.6. The van der Waals surface area contributed by atoms with Gasteiger partial charge in [0, 0.05) is 12.5 Å². The van der Waals surface area contributed by atoms with Crippen molar-refractivity contribution < 1.29 is 4.79 Å². The normalized spacial score (nSPS) is 28.8. The standard InChI is InChI=1S/C11H21NO/c1-3-4-8-11(13)10-7-5-6-9(2)12-10/h9-10,12H,3-8H2,1-2H3/t9-,10+/m0/s1. The lowest BCUT2D eigenvalue weighted by Gasteiger charge is -2.27. The molecule has 1 saturated heterocycles. The third kappa shape index (κ3) is 3.47. The molecule has 1 heterocycles. The average molecular weight is 183 g/mol. The predicted octanol–water partition coefficient (Wildman–Crippen LogP) is 2.28. The Hall–Kier alpha value is -0.370. The van der Waals surface area contributed by atoms with E-state index in [4.69, 9.17) is 0 Å². The summed E-state index contributed by atoms with van der Waals surface area (Å²) in [5.41, 5.74) is 0. The van der Waals surface area contributed by atoms with Crippen LogP contribution in [0.4, 0.5) is 0 Å². The number of Topliss-reactive ketones (excluding diaryl/α,β-unsaturated/α-hetero) is 1. The summed E-state index contributed by atoms with van der Waals surface area (Å²) in [6.07, 6.45) is 6.40. The number of unbranched alkanes of at least 4 members (excludes halogenated alkanes) is 1. The Labute approximate surface area is 81.1 Å².